The molecule has 0 aliphatic heterocycles. The standard InChI is InChI=1S/C22H26F2N4O/c1-5-13(3)15-7-9-16(10-8-15)18(6-2)27-22(29)17-12-25-28-19(20(23)24)11-14(4)26-21(17)28/h7-13,18,20H,5-6H2,1-4H3,(H,27,29). The number of halogens is 2. The molecule has 0 spiro atoms. The molecule has 0 bridgehead atoms. The first-order valence-corrected chi connectivity index (χ1v) is 9.89. The van der Waals surface area contributed by atoms with Crippen LogP contribution < -0.4 is 5.32 Å². The van der Waals surface area contributed by atoms with Gasteiger partial charge in [-0.05, 0) is 42.9 Å². The van der Waals surface area contributed by atoms with Crippen LogP contribution >= 0.6 is 0 Å². The van der Waals surface area contributed by atoms with Crippen LogP contribution in [0.2, 0.25) is 0 Å². The third-order valence-electron chi connectivity index (χ3n) is 5.33. The van der Waals surface area contributed by atoms with E-state index < -0.39 is 6.43 Å². The minimum Gasteiger partial charge on any atom is -0.345 e. The van der Waals surface area contributed by atoms with Gasteiger partial charge in [0.2, 0.25) is 0 Å². The summed E-state index contributed by atoms with van der Waals surface area (Å²) in [6.07, 6.45) is 0.349. The molecular weight excluding hydrogens is 374 g/mol. The van der Waals surface area contributed by atoms with Gasteiger partial charge in [-0.25, -0.2) is 18.3 Å². The Hall–Kier alpha value is -2.83. The van der Waals surface area contributed by atoms with Gasteiger partial charge in [0.05, 0.1) is 12.2 Å². The number of fused-ring (bicyclic) bond motifs is 1. The lowest BCUT2D eigenvalue weighted by Gasteiger charge is -2.18. The van der Waals surface area contributed by atoms with Crippen LogP contribution in [-0.2, 0) is 0 Å². The Labute approximate surface area is 169 Å². The minimum absolute atomic E-state index is 0.139. The molecule has 2 heterocycles. The van der Waals surface area contributed by atoms with Crippen LogP contribution in [0.4, 0.5) is 8.78 Å². The Morgan fingerprint density at radius 1 is 1.14 bits per heavy atom. The monoisotopic (exact) mass is 400 g/mol. The summed E-state index contributed by atoms with van der Waals surface area (Å²) in [6.45, 7) is 7.94. The highest BCUT2D eigenvalue weighted by Gasteiger charge is 2.22. The lowest BCUT2D eigenvalue weighted by molar-refractivity contribution is 0.0936. The average Bonchev–Trinajstić information content (AvgIpc) is 3.14. The number of rotatable bonds is 7. The molecule has 3 aromatic rings. The van der Waals surface area contributed by atoms with Crippen molar-refractivity contribution in [3.8, 4) is 0 Å². The maximum atomic E-state index is 13.3. The first kappa shape index (κ1) is 20.9. The highest BCUT2D eigenvalue weighted by atomic mass is 19.3. The summed E-state index contributed by atoms with van der Waals surface area (Å²) in [6, 6.07) is 9.33. The van der Waals surface area contributed by atoms with Gasteiger partial charge in [-0.2, -0.15) is 5.10 Å². The van der Waals surface area contributed by atoms with Gasteiger partial charge in [0.25, 0.3) is 12.3 Å². The number of benzene rings is 1. The van der Waals surface area contributed by atoms with Gasteiger partial charge in [-0.15, -0.1) is 0 Å². The van der Waals surface area contributed by atoms with E-state index in [2.05, 4.69) is 41.4 Å². The molecule has 2 aromatic heterocycles. The van der Waals surface area contributed by atoms with Crippen LogP contribution in [0.25, 0.3) is 5.65 Å². The average molecular weight is 400 g/mol. The minimum atomic E-state index is -2.71. The third-order valence-corrected chi connectivity index (χ3v) is 5.33. The summed E-state index contributed by atoms with van der Waals surface area (Å²) in [5, 5.41) is 6.95. The van der Waals surface area contributed by atoms with E-state index in [1.807, 2.05) is 19.1 Å². The molecule has 0 aliphatic rings. The summed E-state index contributed by atoms with van der Waals surface area (Å²) in [5.41, 5.74) is 2.72. The Morgan fingerprint density at radius 2 is 1.79 bits per heavy atom. The van der Waals surface area contributed by atoms with Crippen LogP contribution in [0, 0.1) is 6.92 Å². The molecule has 1 N–H and O–H groups in total. The Balaban J connectivity index is 1.87. The summed E-state index contributed by atoms with van der Waals surface area (Å²) < 4.78 is 27.6. The van der Waals surface area contributed by atoms with Gasteiger partial charge < -0.3 is 5.32 Å². The molecule has 1 aromatic carbocycles. The van der Waals surface area contributed by atoms with Crippen molar-refractivity contribution in [3.05, 3.63) is 64.6 Å². The van der Waals surface area contributed by atoms with Crippen molar-refractivity contribution >= 4 is 11.6 Å². The number of alkyl halides is 2. The number of carbonyl (C=O) groups is 1. The van der Waals surface area contributed by atoms with Gasteiger partial charge in [0, 0.05) is 5.69 Å². The lowest BCUT2D eigenvalue weighted by Crippen LogP contribution is -2.28. The first-order valence-electron chi connectivity index (χ1n) is 9.89. The fraction of sp³-hybridized carbons (Fsp3) is 0.409. The maximum Gasteiger partial charge on any atom is 0.280 e. The second-order valence-electron chi connectivity index (χ2n) is 7.33. The molecule has 7 heteroatoms. The number of hydrogen-bond donors (Lipinski definition) is 1. The van der Waals surface area contributed by atoms with Crippen molar-refractivity contribution in [3.63, 3.8) is 0 Å². The molecule has 2 atom stereocenters. The van der Waals surface area contributed by atoms with E-state index >= 15 is 0 Å². The summed E-state index contributed by atoms with van der Waals surface area (Å²) >= 11 is 0. The fourth-order valence-electron chi connectivity index (χ4n) is 3.38. The normalized spacial score (nSPS) is 13.6. The smallest absolute Gasteiger partial charge is 0.280 e. The van der Waals surface area contributed by atoms with Crippen LogP contribution in [-0.4, -0.2) is 20.5 Å². The summed E-state index contributed by atoms with van der Waals surface area (Å²) in [5.74, 6) is 0.104. The molecule has 0 fully saturated rings. The number of nitrogens with one attached hydrogen (secondary N) is 1. The van der Waals surface area contributed by atoms with Gasteiger partial charge >= 0.3 is 0 Å². The van der Waals surface area contributed by atoms with Crippen molar-refractivity contribution < 1.29 is 13.6 Å². The van der Waals surface area contributed by atoms with E-state index in [0.717, 1.165) is 16.5 Å². The number of hydrogen-bond acceptors (Lipinski definition) is 3. The van der Waals surface area contributed by atoms with Crippen LogP contribution in [0.15, 0.2) is 36.5 Å². The molecular formula is C22H26F2N4O. The summed E-state index contributed by atoms with van der Waals surface area (Å²) in [4.78, 5) is 17.1. The fourth-order valence-corrected chi connectivity index (χ4v) is 3.38. The molecule has 154 valence electrons. The highest BCUT2D eigenvalue weighted by Crippen LogP contribution is 2.24. The van der Waals surface area contributed by atoms with E-state index in [9.17, 15) is 13.6 Å². The first-order chi connectivity index (χ1) is 13.8. The van der Waals surface area contributed by atoms with Crippen LogP contribution in [0.3, 0.4) is 0 Å². The predicted octanol–water partition coefficient (Wildman–Crippen LogP) is 5.37. The van der Waals surface area contributed by atoms with Gasteiger partial charge in [0.1, 0.15) is 11.3 Å². The van der Waals surface area contributed by atoms with Crippen molar-refractivity contribution in [2.45, 2.75) is 58.9 Å². The SMILES string of the molecule is CCC(C)c1ccc(C(CC)NC(=O)c2cnn3c(C(F)F)cc(C)nc23)cc1. The summed E-state index contributed by atoms with van der Waals surface area (Å²) in [7, 11) is 0. The van der Waals surface area contributed by atoms with Gasteiger partial charge in [-0.1, -0.05) is 45.0 Å². The Morgan fingerprint density at radius 3 is 2.38 bits per heavy atom. The van der Waals surface area contributed by atoms with E-state index in [-0.39, 0.29) is 28.9 Å². The highest BCUT2D eigenvalue weighted by molar-refractivity contribution is 5.99. The van der Waals surface area contributed by atoms with E-state index in [1.165, 1.54) is 17.8 Å². The van der Waals surface area contributed by atoms with Crippen molar-refractivity contribution in [1.82, 2.24) is 19.9 Å². The molecule has 1 amide bonds. The predicted molar refractivity (Wildman–Crippen MR) is 108 cm³/mol. The van der Waals surface area contributed by atoms with E-state index in [4.69, 9.17) is 0 Å². The molecule has 2 unspecified atom stereocenters. The second-order valence-corrected chi connectivity index (χ2v) is 7.33. The van der Waals surface area contributed by atoms with Crippen molar-refractivity contribution in [2.24, 2.45) is 0 Å². The number of nitrogens with zero attached hydrogens (tertiary/aromatic N) is 3. The number of aromatic nitrogens is 3. The molecule has 0 saturated carbocycles. The van der Waals surface area contributed by atoms with Crippen molar-refractivity contribution in [1.29, 1.82) is 0 Å². The Kier molecular flexibility index (Phi) is 6.25. The Bertz CT molecular complexity index is 998. The number of amides is 1. The zero-order valence-corrected chi connectivity index (χ0v) is 17.1. The molecule has 29 heavy (non-hydrogen) atoms. The quantitative estimate of drug-likeness (QED) is 0.580. The maximum absolute atomic E-state index is 13.3. The number of carbonyl (C=O) groups excluding carboxylic acids is 1. The molecule has 0 aliphatic carbocycles. The number of aryl methyl sites for hydroxylation is 1. The van der Waals surface area contributed by atoms with Crippen LogP contribution in [0.1, 0.15) is 84.9 Å². The topological polar surface area (TPSA) is 59.3 Å². The van der Waals surface area contributed by atoms with Gasteiger partial charge in [0.15, 0.2) is 5.65 Å². The third kappa shape index (κ3) is 4.28. The van der Waals surface area contributed by atoms with Crippen LogP contribution in [0.5, 0.6) is 0 Å². The molecule has 0 saturated heterocycles. The second kappa shape index (κ2) is 8.68. The zero-order chi connectivity index (χ0) is 21.1. The largest absolute Gasteiger partial charge is 0.345 e. The zero-order valence-electron chi connectivity index (χ0n) is 17.1. The van der Waals surface area contributed by atoms with Gasteiger partial charge in [-0.3, -0.25) is 4.79 Å². The lowest BCUT2D eigenvalue weighted by atomic mass is 9.95. The van der Waals surface area contributed by atoms with Crippen molar-refractivity contribution in [2.75, 3.05) is 0 Å². The molecule has 5 nitrogen and oxygen atoms in total. The van der Waals surface area contributed by atoms with E-state index in [1.54, 1.807) is 6.92 Å². The molecule has 3 rings (SSSR count). The molecule has 0 radical (unpaired) electrons. The van der Waals surface area contributed by atoms with E-state index in [0.29, 0.717) is 18.0 Å².